The van der Waals surface area contributed by atoms with Crippen LogP contribution in [-0.2, 0) is 0 Å². The number of nitriles is 1. The summed E-state index contributed by atoms with van der Waals surface area (Å²) in [5.41, 5.74) is 2.32. The van der Waals surface area contributed by atoms with E-state index < -0.39 is 0 Å². The molecule has 2 aliphatic heterocycles. The molecule has 0 bridgehead atoms. The number of benzene rings is 3. The molecule has 6 nitrogen and oxygen atoms in total. The van der Waals surface area contributed by atoms with E-state index in [2.05, 4.69) is 28.1 Å². The van der Waals surface area contributed by atoms with E-state index in [-0.39, 0.29) is 5.92 Å². The summed E-state index contributed by atoms with van der Waals surface area (Å²) < 4.78 is 17.3. The van der Waals surface area contributed by atoms with Gasteiger partial charge in [0.2, 0.25) is 5.88 Å². The molecule has 3 aromatic rings. The van der Waals surface area contributed by atoms with Crippen molar-refractivity contribution in [2.45, 2.75) is 18.8 Å². The molecule has 0 radical (unpaired) electrons. The van der Waals surface area contributed by atoms with Crippen molar-refractivity contribution in [3.8, 4) is 23.3 Å². The van der Waals surface area contributed by atoms with Crippen molar-refractivity contribution < 1.29 is 14.2 Å². The first kappa shape index (κ1) is 20.9. The van der Waals surface area contributed by atoms with Gasteiger partial charge in [-0.05, 0) is 35.9 Å². The molecule has 0 spiro atoms. The second-order valence-corrected chi connectivity index (χ2v) is 8.17. The van der Waals surface area contributed by atoms with Crippen LogP contribution in [0.25, 0.3) is 10.8 Å². The van der Waals surface area contributed by atoms with Gasteiger partial charge in [-0.25, -0.2) is 4.99 Å². The normalized spacial score (nSPS) is 17.7. The summed E-state index contributed by atoms with van der Waals surface area (Å²) in [6.45, 7) is 1.94. The molecule has 2 heterocycles. The number of hydrogen-bond acceptors (Lipinski definition) is 5. The van der Waals surface area contributed by atoms with Crippen LogP contribution in [0.15, 0.2) is 71.0 Å². The van der Waals surface area contributed by atoms with Gasteiger partial charge in [0.1, 0.15) is 17.4 Å². The fourth-order valence-corrected chi connectivity index (χ4v) is 4.61. The molecule has 6 heteroatoms. The van der Waals surface area contributed by atoms with Crippen LogP contribution in [0.1, 0.15) is 29.9 Å². The van der Waals surface area contributed by atoms with Gasteiger partial charge in [0.25, 0.3) is 0 Å². The summed E-state index contributed by atoms with van der Waals surface area (Å²) >= 11 is 0. The van der Waals surface area contributed by atoms with Gasteiger partial charge in [0, 0.05) is 24.0 Å². The first-order valence-corrected chi connectivity index (χ1v) is 11.1. The molecule has 1 unspecified atom stereocenters. The Bertz CT molecular complexity index is 1300. The standard InChI is InChI=1S/C27H25N3O3/c1-31-23-12-10-19(15-24(23)32-2)25-21-11-9-18-7-3-4-8-20(18)26(21)33-27(22(25)16-28)29-17-30-13-5-6-14-30/h3-4,7-12,15,17,25H,5-6,13-14H2,1-2H3. The summed E-state index contributed by atoms with van der Waals surface area (Å²) in [6, 6.07) is 20.3. The van der Waals surface area contributed by atoms with Crippen LogP contribution < -0.4 is 14.2 Å². The van der Waals surface area contributed by atoms with Crippen LogP contribution in [0, 0.1) is 11.3 Å². The Morgan fingerprint density at radius 2 is 1.82 bits per heavy atom. The summed E-state index contributed by atoms with van der Waals surface area (Å²) in [5, 5.41) is 12.3. The van der Waals surface area contributed by atoms with E-state index in [1.54, 1.807) is 14.2 Å². The minimum atomic E-state index is -0.339. The highest BCUT2D eigenvalue weighted by molar-refractivity contribution is 5.91. The van der Waals surface area contributed by atoms with E-state index in [1.807, 2.05) is 48.8 Å². The number of allylic oxidation sites excluding steroid dienone is 1. The quantitative estimate of drug-likeness (QED) is 0.402. The number of aliphatic imine (C=N–C) groups is 1. The molecule has 3 aromatic carbocycles. The lowest BCUT2D eigenvalue weighted by molar-refractivity contribution is 0.354. The molecule has 33 heavy (non-hydrogen) atoms. The van der Waals surface area contributed by atoms with Crippen LogP contribution in [0.2, 0.25) is 0 Å². The molecule has 0 aliphatic carbocycles. The van der Waals surface area contributed by atoms with Gasteiger partial charge in [-0.15, -0.1) is 0 Å². The second kappa shape index (κ2) is 8.87. The summed E-state index contributed by atoms with van der Waals surface area (Å²) in [7, 11) is 3.22. The van der Waals surface area contributed by atoms with Gasteiger partial charge in [0.15, 0.2) is 11.5 Å². The Kier molecular flexibility index (Phi) is 5.62. The topological polar surface area (TPSA) is 67.1 Å². The van der Waals surface area contributed by atoms with Crippen LogP contribution in [0.5, 0.6) is 17.2 Å². The van der Waals surface area contributed by atoms with E-state index >= 15 is 0 Å². The van der Waals surface area contributed by atoms with Gasteiger partial charge in [-0.3, -0.25) is 0 Å². The van der Waals surface area contributed by atoms with Crippen LogP contribution in [0.4, 0.5) is 0 Å². The Labute approximate surface area is 193 Å². The van der Waals surface area contributed by atoms with Crippen LogP contribution in [0.3, 0.4) is 0 Å². The molecule has 0 saturated carbocycles. The number of likely N-dealkylation sites (tertiary alicyclic amines) is 1. The lowest BCUT2D eigenvalue weighted by atomic mass is 9.82. The zero-order valence-electron chi connectivity index (χ0n) is 18.7. The van der Waals surface area contributed by atoms with Gasteiger partial charge >= 0.3 is 0 Å². The lowest BCUT2D eigenvalue weighted by Crippen LogP contribution is -2.19. The first-order chi connectivity index (χ1) is 16.2. The number of rotatable bonds is 5. The van der Waals surface area contributed by atoms with Crippen molar-refractivity contribution in [1.29, 1.82) is 5.26 Å². The predicted molar refractivity (Wildman–Crippen MR) is 128 cm³/mol. The van der Waals surface area contributed by atoms with Crippen molar-refractivity contribution in [2.24, 2.45) is 4.99 Å². The fourth-order valence-electron chi connectivity index (χ4n) is 4.61. The maximum atomic E-state index is 10.2. The van der Waals surface area contributed by atoms with E-state index in [9.17, 15) is 5.26 Å². The fraction of sp³-hybridized carbons (Fsp3) is 0.259. The first-order valence-electron chi connectivity index (χ1n) is 11.1. The van der Waals surface area contributed by atoms with Crippen molar-refractivity contribution >= 4 is 17.1 Å². The smallest absolute Gasteiger partial charge is 0.235 e. The van der Waals surface area contributed by atoms with Crippen molar-refractivity contribution in [1.82, 2.24) is 4.90 Å². The molecule has 5 rings (SSSR count). The highest BCUT2D eigenvalue weighted by atomic mass is 16.5. The number of methoxy groups -OCH3 is 2. The third-order valence-electron chi connectivity index (χ3n) is 6.28. The van der Waals surface area contributed by atoms with Gasteiger partial charge in [-0.2, -0.15) is 5.26 Å². The molecule has 1 saturated heterocycles. The Morgan fingerprint density at radius 1 is 1.03 bits per heavy atom. The maximum Gasteiger partial charge on any atom is 0.235 e. The molecular weight excluding hydrogens is 414 g/mol. The average molecular weight is 440 g/mol. The average Bonchev–Trinajstić information content (AvgIpc) is 3.39. The Morgan fingerprint density at radius 3 is 2.58 bits per heavy atom. The lowest BCUT2D eigenvalue weighted by Gasteiger charge is -2.28. The van der Waals surface area contributed by atoms with Crippen molar-refractivity contribution in [3.63, 3.8) is 0 Å². The zero-order chi connectivity index (χ0) is 22.8. The van der Waals surface area contributed by atoms with E-state index in [0.29, 0.717) is 23.0 Å². The summed E-state index contributed by atoms with van der Waals surface area (Å²) in [4.78, 5) is 6.82. The SMILES string of the molecule is COc1ccc(C2C(C#N)=C(N=CN3CCCC3)Oc3c2ccc2ccccc32)cc1OC. The van der Waals surface area contributed by atoms with E-state index in [4.69, 9.17) is 14.2 Å². The monoisotopic (exact) mass is 439 g/mol. The summed E-state index contributed by atoms with van der Waals surface area (Å²) in [5.74, 6) is 1.99. The van der Waals surface area contributed by atoms with Crippen LogP contribution >= 0.6 is 0 Å². The minimum Gasteiger partial charge on any atom is -0.493 e. The zero-order valence-corrected chi connectivity index (χ0v) is 18.7. The van der Waals surface area contributed by atoms with Crippen LogP contribution in [-0.4, -0.2) is 38.5 Å². The molecule has 0 aromatic heterocycles. The van der Waals surface area contributed by atoms with Gasteiger partial charge < -0.3 is 19.1 Å². The second-order valence-electron chi connectivity index (χ2n) is 8.17. The Balaban J connectivity index is 1.70. The highest BCUT2D eigenvalue weighted by Gasteiger charge is 2.33. The molecule has 1 fully saturated rings. The van der Waals surface area contributed by atoms with E-state index in [0.717, 1.165) is 53.6 Å². The van der Waals surface area contributed by atoms with Crippen molar-refractivity contribution in [2.75, 3.05) is 27.3 Å². The molecule has 1 atom stereocenters. The molecule has 0 amide bonds. The number of nitrogens with zero attached hydrogens (tertiary/aromatic N) is 3. The number of hydrogen-bond donors (Lipinski definition) is 0. The molecule has 2 aliphatic rings. The molecule has 0 N–H and O–H groups in total. The Hall–Kier alpha value is -3.98. The minimum absolute atomic E-state index is 0.339. The third kappa shape index (κ3) is 3.76. The largest absolute Gasteiger partial charge is 0.493 e. The molecule has 166 valence electrons. The van der Waals surface area contributed by atoms with E-state index in [1.165, 1.54) is 0 Å². The summed E-state index contributed by atoms with van der Waals surface area (Å²) in [6.07, 6.45) is 4.11. The highest BCUT2D eigenvalue weighted by Crippen LogP contribution is 2.47. The van der Waals surface area contributed by atoms with Gasteiger partial charge in [-0.1, -0.05) is 42.5 Å². The predicted octanol–water partition coefficient (Wildman–Crippen LogP) is 5.24. The number of fused-ring (bicyclic) bond motifs is 3. The maximum absolute atomic E-state index is 10.2. The van der Waals surface area contributed by atoms with Gasteiger partial charge in [0.05, 0.1) is 26.5 Å². The van der Waals surface area contributed by atoms with Crippen molar-refractivity contribution in [3.05, 3.63) is 77.2 Å². The third-order valence-corrected chi connectivity index (χ3v) is 6.28. The number of ether oxygens (including phenoxy) is 3. The molecular formula is C27H25N3O3.